The molecule has 1 aliphatic rings. The summed E-state index contributed by atoms with van der Waals surface area (Å²) in [6.45, 7) is 1.57. The molecule has 1 saturated heterocycles. The first-order chi connectivity index (χ1) is 20.8. The van der Waals surface area contributed by atoms with Crippen molar-refractivity contribution in [3.05, 3.63) is 119 Å². The van der Waals surface area contributed by atoms with Gasteiger partial charge in [0.1, 0.15) is 5.57 Å². The van der Waals surface area contributed by atoms with Crippen molar-refractivity contribution in [3.8, 4) is 11.5 Å². The molecule has 1 aliphatic heterocycles. The molecule has 0 radical (unpaired) electrons. The summed E-state index contributed by atoms with van der Waals surface area (Å²) >= 11 is 6.53. The summed E-state index contributed by atoms with van der Waals surface area (Å²) in [4.78, 5) is 55.2. The van der Waals surface area contributed by atoms with Gasteiger partial charge < -0.3 is 14.8 Å². The van der Waals surface area contributed by atoms with Crippen molar-refractivity contribution >= 4 is 58.5 Å². The van der Waals surface area contributed by atoms with Gasteiger partial charge >= 0.3 is 6.03 Å². The Bertz CT molecular complexity index is 1680. The van der Waals surface area contributed by atoms with Crippen molar-refractivity contribution in [2.45, 2.75) is 6.92 Å². The summed E-state index contributed by atoms with van der Waals surface area (Å²) < 4.78 is 11.1. The highest BCUT2D eigenvalue weighted by Crippen LogP contribution is 2.38. The number of anilines is 3. The molecule has 5 amide bonds. The Morgan fingerprint density at radius 2 is 1.44 bits per heavy atom. The number of urea groups is 1. The molecule has 0 spiro atoms. The Morgan fingerprint density at radius 1 is 0.837 bits per heavy atom. The van der Waals surface area contributed by atoms with Gasteiger partial charge in [0.15, 0.2) is 18.1 Å². The standard InChI is InChI=1S/C33H26ClN3O6/c1-21-10-9-11-23(16-21)35-29(38)20-43-30-27(34)18-22(19-28(30)42-2)17-26-31(39)36(24-12-5-3-6-13-24)33(41)37(32(26)40)25-14-7-4-8-15-25/h3-19H,20H2,1-2H3,(H,35,38). The molecule has 0 atom stereocenters. The lowest BCUT2D eigenvalue weighted by Crippen LogP contribution is -2.57. The summed E-state index contributed by atoms with van der Waals surface area (Å²) in [6, 6.07) is 26.2. The first-order valence-corrected chi connectivity index (χ1v) is 13.6. The maximum Gasteiger partial charge on any atom is 0.343 e. The van der Waals surface area contributed by atoms with E-state index in [2.05, 4.69) is 5.32 Å². The minimum Gasteiger partial charge on any atom is -0.493 e. The Kier molecular flexibility index (Phi) is 8.54. The molecule has 1 fully saturated rings. The monoisotopic (exact) mass is 595 g/mol. The highest BCUT2D eigenvalue weighted by molar-refractivity contribution is 6.46. The van der Waals surface area contributed by atoms with Crippen LogP contribution in [-0.4, -0.2) is 37.5 Å². The number of rotatable bonds is 8. The molecular formula is C33H26ClN3O6. The van der Waals surface area contributed by atoms with Crippen molar-refractivity contribution in [3.63, 3.8) is 0 Å². The molecule has 0 aliphatic carbocycles. The highest BCUT2D eigenvalue weighted by Gasteiger charge is 2.43. The van der Waals surface area contributed by atoms with E-state index < -0.39 is 23.8 Å². The molecule has 0 aromatic heterocycles. The van der Waals surface area contributed by atoms with Crippen molar-refractivity contribution in [1.29, 1.82) is 0 Å². The number of carbonyl (C=O) groups is 4. The first-order valence-electron chi connectivity index (χ1n) is 13.2. The van der Waals surface area contributed by atoms with Crippen molar-refractivity contribution in [2.24, 2.45) is 0 Å². The predicted octanol–water partition coefficient (Wildman–Crippen LogP) is 6.26. The minimum absolute atomic E-state index is 0.0844. The smallest absolute Gasteiger partial charge is 0.343 e. The van der Waals surface area contributed by atoms with E-state index in [9.17, 15) is 19.2 Å². The Balaban J connectivity index is 1.46. The van der Waals surface area contributed by atoms with Crippen molar-refractivity contribution in [2.75, 3.05) is 28.8 Å². The van der Waals surface area contributed by atoms with Crippen molar-refractivity contribution in [1.82, 2.24) is 0 Å². The van der Waals surface area contributed by atoms with E-state index in [1.165, 1.54) is 25.3 Å². The van der Waals surface area contributed by atoms with Crippen LogP contribution in [0.3, 0.4) is 0 Å². The number of imide groups is 2. The van der Waals surface area contributed by atoms with Crippen LogP contribution in [0.25, 0.3) is 6.08 Å². The molecule has 0 bridgehead atoms. The molecule has 0 unspecified atom stereocenters. The van der Waals surface area contributed by atoms with Gasteiger partial charge in [0.05, 0.1) is 23.5 Å². The molecule has 43 heavy (non-hydrogen) atoms. The Labute approximate surface area is 252 Å². The van der Waals surface area contributed by atoms with Gasteiger partial charge in [0.25, 0.3) is 17.7 Å². The van der Waals surface area contributed by atoms with Gasteiger partial charge in [-0.05, 0) is 72.7 Å². The van der Waals surface area contributed by atoms with E-state index in [4.69, 9.17) is 21.1 Å². The van der Waals surface area contributed by atoms with Gasteiger partial charge in [-0.15, -0.1) is 0 Å². The van der Waals surface area contributed by atoms with Gasteiger partial charge in [-0.1, -0.05) is 60.1 Å². The molecule has 4 aromatic carbocycles. The number of nitrogens with one attached hydrogen (secondary N) is 1. The average Bonchev–Trinajstić information content (AvgIpc) is 2.99. The molecule has 1 heterocycles. The number of carbonyl (C=O) groups excluding carboxylic acids is 4. The molecule has 216 valence electrons. The van der Waals surface area contributed by atoms with E-state index in [-0.39, 0.29) is 28.7 Å². The number of hydrogen-bond acceptors (Lipinski definition) is 6. The molecule has 10 heteroatoms. The van der Waals surface area contributed by atoms with Gasteiger partial charge in [-0.2, -0.15) is 0 Å². The lowest BCUT2D eigenvalue weighted by Gasteiger charge is -2.34. The molecular weight excluding hydrogens is 570 g/mol. The third kappa shape index (κ3) is 6.27. The number of halogens is 1. The number of ether oxygens (including phenoxy) is 2. The topological polar surface area (TPSA) is 105 Å². The molecule has 5 rings (SSSR count). The van der Waals surface area contributed by atoms with Crippen LogP contribution < -0.4 is 24.6 Å². The Hall–Kier alpha value is -5.41. The van der Waals surface area contributed by atoms with Crippen LogP contribution in [-0.2, 0) is 14.4 Å². The van der Waals surface area contributed by atoms with Crippen LogP contribution in [0, 0.1) is 6.92 Å². The number of benzene rings is 4. The third-order valence-electron chi connectivity index (χ3n) is 6.49. The summed E-state index contributed by atoms with van der Waals surface area (Å²) in [6.07, 6.45) is 1.34. The molecule has 9 nitrogen and oxygen atoms in total. The first kappa shape index (κ1) is 29.1. The van der Waals surface area contributed by atoms with E-state index in [0.29, 0.717) is 22.6 Å². The van der Waals surface area contributed by atoms with Crippen LogP contribution in [0.4, 0.5) is 21.9 Å². The fourth-order valence-electron chi connectivity index (χ4n) is 4.53. The lowest BCUT2D eigenvalue weighted by molar-refractivity contribution is -0.121. The van der Waals surface area contributed by atoms with Crippen LogP contribution in [0.15, 0.2) is 103 Å². The summed E-state index contributed by atoms with van der Waals surface area (Å²) in [7, 11) is 1.39. The number of hydrogen-bond donors (Lipinski definition) is 1. The number of barbiturate groups is 1. The van der Waals surface area contributed by atoms with Gasteiger partial charge in [0, 0.05) is 5.69 Å². The van der Waals surface area contributed by atoms with Gasteiger partial charge in [-0.25, -0.2) is 14.6 Å². The zero-order valence-electron chi connectivity index (χ0n) is 23.2. The fourth-order valence-corrected chi connectivity index (χ4v) is 4.80. The van der Waals surface area contributed by atoms with E-state index in [1.54, 1.807) is 66.7 Å². The highest BCUT2D eigenvalue weighted by atomic mass is 35.5. The summed E-state index contributed by atoms with van der Waals surface area (Å²) in [5.41, 5.74) is 2.30. The van der Waals surface area contributed by atoms with Crippen LogP contribution in [0.2, 0.25) is 5.02 Å². The maximum atomic E-state index is 13.6. The number of nitrogens with zero attached hydrogens (tertiary/aromatic N) is 2. The van der Waals surface area contributed by atoms with E-state index >= 15 is 0 Å². The summed E-state index contributed by atoms with van der Waals surface area (Å²) in [5, 5.41) is 2.84. The van der Waals surface area contributed by atoms with E-state index in [1.807, 2.05) is 25.1 Å². The number of amides is 5. The second-order valence-corrected chi connectivity index (χ2v) is 9.94. The second kappa shape index (κ2) is 12.6. The number of aryl methyl sites for hydroxylation is 1. The third-order valence-corrected chi connectivity index (χ3v) is 6.77. The van der Waals surface area contributed by atoms with Crippen LogP contribution in [0.5, 0.6) is 11.5 Å². The predicted molar refractivity (Wildman–Crippen MR) is 165 cm³/mol. The normalized spacial score (nSPS) is 13.2. The van der Waals surface area contributed by atoms with Crippen LogP contribution in [0.1, 0.15) is 11.1 Å². The lowest BCUT2D eigenvalue weighted by atomic mass is 10.0. The number of methoxy groups -OCH3 is 1. The zero-order chi connectivity index (χ0) is 30.5. The zero-order valence-corrected chi connectivity index (χ0v) is 24.0. The average molecular weight is 596 g/mol. The molecule has 4 aromatic rings. The SMILES string of the molecule is COc1cc(C=C2C(=O)N(c3ccccc3)C(=O)N(c3ccccc3)C2=O)cc(Cl)c1OCC(=O)Nc1cccc(C)c1. The quantitative estimate of drug-likeness (QED) is 0.190. The fraction of sp³-hybridized carbons (Fsp3) is 0.0909. The van der Waals surface area contributed by atoms with Gasteiger partial charge in [-0.3, -0.25) is 14.4 Å². The maximum absolute atomic E-state index is 13.6. The summed E-state index contributed by atoms with van der Waals surface area (Å²) in [5.74, 6) is -1.71. The molecule has 1 N–H and O–H groups in total. The Morgan fingerprint density at radius 3 is 2.00 bits per heavy atom. The van der Waals surface area contributed by atoms with Crippen molar-refractivity contribution < 1.29 is 28.7 Å². The largest absolute Gasteiger partial charge is 0.493 e. The van der Waals surface area contributed by atoms with Gasteiger partial charge in [0.2, 0.25) is 0 Å². The number of para-hydroxylation sites is 2. The molecule has 0 saturated carbocycles. The second-order valence-electron chi connectivity index (χ2n) is 9.53. The van der Waals surface area contributed by atoms with E-state index in [0.717, 1.165) is 15.4 Å². The minimum atomic E-state index is -0.798. The van der Waals surface area contributed by atoms with Crippen LogP contribution >= 0.6 is 11.6 Å².